The monoisotopic (exact) mass is 156 g/mol. The Bertz CT molecular complexity index is 101. The zero-order chi connectivity index (χ0) is 8.10. The van der Waals surface area contributed by atoms with E-state index in [0.717, 1.165) is 12.5 Å². The molecule has 1 aliphatic rings. The van der Waals surface area contributed by atoms with Crippen LogP contribution in [0.2, 0.25) is 0 Å². The summed E-state index contributed by atoms with van der Waals surface area (Å²) in [4.78, 5) is 0. The van der Waals surface area contributed by atoms with E-state index in [1.807, 2.05) is 0 Å². The molecule has 66 valence electrons. The standard InChI is InChI=1S/C10H20O/c1-3-10-7-5-4-6-9(2)8-11-10/h9-10H,3-8H2,1-2H3. The molecule has 0 N–H and O–H groups in total. The first-order valence-corrected chi connectivity index (χ1v) is 4.94. The third kappa shape index (κ3) is 3.24. The van der Waals surface area contributed by atoms with Gasteiger partial charge in [-0.3, -0.25) is 0 Å². The van der Waals surface area contributed by atoms with E-state index in [2.05, 4.69) is 13.8 Å². The van der Waals surface area contributed by atoms with E-state index in [-0.39, 0.29) is 0 Å². The van der Waals surface area contributed by atoms with Gasteiger partial charge in [-0.25, -0.2) is 0 Å². The first-order chi connectivity index (χ1) is 5.33. The molecule has 0 saturated carbocycles. The van der Waals surface area contributed by atoms with Crippen molar-refractivity contribution in [1.29, 1.82) is 0 Å². The van der Waals surface area contributed by atoms with E-state index >= 15 is 0 Å². The molecule has 0 radical (unpaired) electrons. The molecular weight excluding hydrogens is 136 g/mol. The summed E-state index contributed by atoms with van der Waals surface area (Å²) >= 11 is 0. The molecule has 0 aromatic heterocycles. The van der Waals surface area contributed by atoms with E-state index in [1.165, 1.54) is 32.1 Å². The molecule has 2 unspecified atom stereocenters. The van der Waals surface area contributed by atoms with Gasteiger partial charge in [0.15, 0.2) is 0 Å². The number of rotatable bonds is 1. The van der Waals surface area contributed by atoms with Gasteiger partial charge in [-0.05, 0) is 25.2 Å². The van der Waals surface area contributed by atoms with Gasteiger partial charge in [0.2, 0.25) is 0 Å². The second-order valence-corrected chi connectivity index (χ2v) is 3.75. The average Bonchev–Trinajstić information content (AvgIpc) is 1.98. The molecule has 11 heavy (non-hydrogen) atoms. The Morgan fingerprint density at radius 1 is 1.27 bits per heavy atom. The van der Waals surface area contributed by atoms with E-state index < -0.39 is 0 Å². The zero-order valence-electron chi connectivity index (χ0n) is 7.81. The SMILES string of the molecule is CCC1CCCCC(C)CO1. The third-order valence-corrected chi connectivity index (χ3v) is 2.54. The van der Waals surface area contributed by atoms with Crippen LogP contribution in [0.5, 0.6) is 0 Å². The van der Waals surface area contributed by atoms with Crippen molar-refractivity contribution in [3.05, 3.63) is 0 Å². The first kappa shape index (κ1) is 9.05. The Balaban J connectivity index is 2.25. The van der Waals surface area contributed by atoms with Crippen molar-refractivity contribution in [2.24, 2.45) is 5.92 Å². The molecule has 0 aromatic carbocycles. The Labute approximate surface area is 70.1 Å². The first-order valence-electron chi connectivity index (χ1n) is 4.94. The molecule has 0 amide bonds. The molecule has 1 saturated heterocycles. The Hall–Kier alpha value is -0.0400. The van der Waals surface area contributed by atoms with Crippen LogP contribution >= 0.6 is 0 Å². The summed E-state index contributed by atoms with van der Waals surface area (Å²) in [6, 6.07) is 0. The normalized spacial score (nSPS) is 34.4. The van der Waals surface area contributed by atoms with E-state index in [9.17, 15) is 0 Å². The van der Waals surface area contributed by atoms with Gasteiger partial charge in [0.1, 0.15) is 0 Å². The molecule has 0 aromatic rings. The van der Waals surface area contributed by atoms with Crippen molar-refractivity contribution in [2.45, 2.75) is 52.1 Å². The lowest BCUT2D eigenvalue weighted by atomic mass is 10.00. The Morgan fingerprint density at radius 3 is 2.73 bits per heavy atom. The van der Waals surface area contributed by atoms with Crippen LogP contribution in [0, 0.1) is 5.92 Å². The minimum absolute atomic E-state index is 0.553. The predicted molar refractivity (Wildman–Crippen MR) is 47.7 cm³/mol. The van der Waals surface area contributed by atoms with Gasteiger partial charge in [-0.1, -0.05) is 26.7 Å². The van der Waals surface area contributed by atoms with Crippen molar-refractivity contribution < 1.29 is 4.74 Å². The van der Waals surface area contributed by atoms with Crippen LogP contribution in [0.1, 0.15) is 46.0 Å². The van der Waals surface area contributed by atoms with Crippen molar-refractivity contribution >= 4 is 0 Å². The molecule has 1 aliphatic heterocycles. The highest BCUT2D eigenvalue weighted by Crippen LogP contribution is 2.18. The second-order valence-electron chi connectivity index (χ2n) is 3.75. The lowest BCUT2D eigenvalue weighted by Gasteiger charge is -2.22. The van der Waals surface area contributed by atoms with E-state index in [1.54, 1.807) is 0 Å². The third-order valence-electron chi connectivity index (χ3n) is 2.54. The molecule has 0 bridgehead atoms. The van der Waals surface area contributed by atoms with Crippen LogP contribution in [0.4, 0.5) is 0 Å². The summed E-state index contributed by atoms with van der Waals surface area (Å²) in [6.45, 7) is 5.49. The summed E-state index contributed by atoms with van der Waals surface area (Å²) in [5, 5.41) is 0. The lowest BCUT2D eigenvalue weighted by molar-refractivity contribution is 0.0127. The van der Waals surface area contributed by atoms with Gasteiger partial charge in [0.05, 0.1) is 6.10 Å². The summed E-state index contributed by atoms with van der Waals surface area (Å²) in [5.74, 6) is 0.782. The minimum atomic E-state index is 0.553. The number of ether oxygens (including phenoxy) is 1. The van der Waals surface area contributed by atoms with Gasteiger partial charge >= 0.3 is 0 Å². The Kier molecular flexibility index (Phi) is 3.92. The van der Waals surface area contributed by atoms with Crippen LogP contribution in [0.25, 0.3) is 0 Å². The second kappa shape index (κ2) is 4.76. The molecule has 2 atom stereocenters. The minimum Gasteiger partial charge on any atom is -0.378 e. The van der Waals surface area contributed by atoms with Crippen LogP contribution in [-0.4, -0.2) is 12.7 Å². The highest BCUT2D eigenvalue weighted by atomic mass is 16.5. The molecule has 1 fully saturated rings. The average molecular weight is 156 g/mol. The van der Waals surface area contributed by atoms with Crippen LogP contribution < -0.4 is 0 Å². The van der Waals surface area contributed by atoms with Crippen molar-refractivity contribution in [2.75, 3.05) is 6.61 Å². The van der Waals surface area contributed by atoms with Crippen LogP contribution in [0.15, 0.2) is 0 Å². The van der Waals surface area contributed by atoms with E-state index in [0.29, 0.717) is 6.10 Å². The summed E-state index contributed by atoms with van der Waals surface area (Å²) in [6.07, 6.45) is 7.15. The van der Waals surface area contributed by atoms with Crippen LogP contribution in [-0.2, 0) is 4.74 Å². The zero-order valence-corrected chi connectivity index (χ0v) is 7.81. The fourth-order valence-corrected chi connectivity index (χ4v) is 1.65. The topological polar surface area (TPSA) is 9.23 Å². The lowest BCUT2D eigenvalue weighted by Crippen LogP contribution is -2.19. The number of hydrogen-bond donors (Lipinski definition) is 0. The highest BCUT2D eigenvalue weighted by molar-refractivity contribution is 4.62. The molecule has 0 aliphatic carbocycles. The van der Waals surface area contributed by atoms with Gasteiger partial charge in [0.25, 0.3) is 0 Å². The summed E-state index contributed by atoms with van der Waals surface area (Å²) in [7, 11) is 0. The van der Waals surface area contributed by atoms with Gasteiger partial charge < -0.3 is 4.74 Å². The molecule has 1 heteroatoms. The largest absolute Gasteiger partial charge is 0.378 e. The molecule has 1 nitrogen and oxygen atoms in total. The fourth-order valence-electron chi connectivity index (χ4n) is 1.65. The number of hydrogen-bond acceptors (Lipinski definition) is 1. The summed E-state index contributed by atoms with van der Waals surface area (Å²) in [5.41, 5.74) is 0. The summed E-state index contributed by atoms with van der Waals surface area (Å²) < 4.78 is 5.74. The molecule has 0 spiro atoms. The van der Waals surface area contributed by atoms with Gasteiger partial charge in [-0.2, -0.15) is 0 Å². The molecular formula is C10H20O. The maximum atomic E-state index is 5.74. The van der Waals surface area contributed by atoms with Crippen molar-refractivity contribution in [3.8, 4) is 0 Å². The quantitative estimate of drug-likeness (QED) is 0.567. The van der Waals surface area contributed by atoms with Crippen LogP contribution in [0.3, 0.4) is 0 Å². The fraction of sp³-hybridized carbons (Fsp3) is 1.00. The highest BCUT2D eigenvalue weighted by Gasteiger charge is 2.12. The molecule has 1 rings (SSSR count). The van der Waals surface area contributed by atoms with Crippen molar-refractivity contribution in [1.82, 2.24) is 0 Å². The maximum absolute atomic E-state index is 5.74. The maximum Gasteiger partial charge on any atom is 0.0572 e. The molecule has 1 heterocycles. The Morgan fingerprint density at radius 2 is 2.00 bits per heavy atom. The van der Waals surface area contributed by atoms with Gasteiger partial charge in [-0.15, -0.1) is 0 Å². The van der Waals surface area contributed by atoms with Crippen molar-refractivity contribution in [3.63, 3.8) is 0 Å². The predicted octanol–water partition coefficient (Wildman–Crippen LogP) is 2.99. The van der Waals surface area contributed by atoms with E-state index in [4.69, 9.17) is 4.74 Å². The van der Waals surface area contributed by atoms with Gasteiger partial charge in [0, 0.05) is 6.61 Å². The smallest absolute Gasteiger partial charge is 0.0572 e.